The van der Waals surface area contributed by atoms with E-state index in [1.165, 1.54) is 18.2 Å². The summed E-state index contributed by atoms with van der Waals surface area (Å²) >= 11 is 0. The molecule has 0 fully saturated rings. The van der Waals surface area contributed by atoms with Crippen molar-refractivity contribution >= 4 is 17.8 Å². The van der Waals surface area contributed by atoms with Crippen LogP contribution < -0.4 is 0 Å². The molecule has 4 heteroatoms. The Morgan fingerprint density at radius 2 is 1.54 bits per heavy atom. The summed E-state index contributed by atoms with van der Waals surface area (Å²) in [5, 5.41) is 9.91. The second-order valence-electron chi connectivity index (χ2n) is 6.32. The Balaban J connectivity index is 2.47. The summed E-state index contributed by atoms with van der Waals surface area (Å²) in [5.74, 6) is -1.48. The number of hydrogen-bond acceptors (Lipinski definition) is 4. The van der Waals surface area contributed by atoms with Gasteiger partial charge < -0.3 is 9.84 Å². The van der Waals surface area contributed by atoms with Gasteiger partial charge in [-0.1, -0.05) is 42.5 Å². The van der Waals surface area contributed by atoms with Gasteiger partial charge in [0.25, 0.3) is 0 Å². The number of rotatable bonds is 4. The van der Waals surface area contributed by atoms with E-state index in [4.69, 9.17) is 4.74 Å². The zero-order chi connectivity index (χ0) is 17.7. The van der Waals surface area contributed by atoms with Gasteiger partial charge in [0.1, 0.15) is 16.9 Å². The molecular weight excluding hydrogens is 304 g/mol. The maximum absolute atomic E-state index is 12.8. The molecule has 0 heterocycles. The summed E-state index contributed by atoms with van der Waals surface area (Å²) in [6.07, 6.45) is 1.48. The highest BCUT2D eigenvalue weighted by atomic mass is 16.6. The molecule has 0 bridgehead atoms. The number of para-hydroxylation sites is 1. The minimum atomic E-state index is -0.730. The van der Waals surface area contributed by atoms with Crippen molar-refractivity contribution in [3.8, 4) is 5.75 Å². The van der Waals surface area contributed by atoms with E-state index in [1.54, 1.807) is 45.0 Å². The third kappa shape index (κ3) is 4.56. The summed E-state index contributed by atoms with van der Waals surface area (Å²) < 4.78 is 5.34. The van der Waals surface area contributed by atoms with E-state index >= 15 is 0 Å². The first-order chi connectivity index (χ1) is 11.3. The highest BCUT2D eigenvalue weighted by molar-refractivity contribution is 6.27. The second kappa shape index (κ2) is 7.13. The van der Waals surface area contributed by atoms with Crippen molar-refractivity contribution in [2.75, 3.05) is 0 Å². The second-order valence-corrected chi connectivity index (χ2v) is 6.32. The molecule has 0 saturated carbocycles. The van der Waals surface area contributed by atoms with Crippen molar-refractivity contribution in [2.24, 2.45) is 0 Å². The third-order valence-corrected chi connectivity index (χ3v) is 3.12. The molecule has 124 valence electrons. The number of ether oxygens (including phenoxy) is 1. The minimum absolute atomic E-state index is 0.0607. The van der Waals surface area contributed by atoms with E-state index in [0.717, 1.165) is 0 Å². The molecule has 4 nitrogen and oxygen atoms in total. The van der Waals surface area contributed by atoms with Gasteiger partial charge in [-0.25, -0.2) is 4.79 Å². The number of Topliss-reactive ketones (excluding diaryl/α,β-unsaturated/α-hetero) is 1. The van der Waals surface area contributed by atoms with Crippen LogP contribution in [0.3, 0.4) is 0 Å². The topological polar surface area (TPSA) is 63.6 Å². The molecule has 0 aliphatic heterocycles. The number of phenolic OH excluding ortho intramolecular Hbond substituents is 1. The molecule has 24 heavy (non-hydrogen) atoms. The lowest BCUT2D eigenvalue weighted by Crippen LogP contribution is -2.27. The molecule has 2 rings (SSSR count). The van der Waals surface area contributed by atoms with Crippen molar-refractivity contribution in [3.63, 3.8) is 0 Å². The Bertz CT molecular complexity index is 768. The molecule has 2 aromatic carbocycles. The van der Waals surface area contributed by atoms with Gasteiger partial charge in [-0.3, -0.25) is 4.79 Å². The molecule has 0 unspecified atom stereocenters. The maximum atomic E-state index is 12.8. The van der Waals surface area contributed by atoms with Crippen LogP contribution in [0.4, 0.5) is 0 Å². The van der Waals surface area contributed by atoms with Crippen molar-refractivity contribution in [3.05, 3.63) is 71.3 Å². The van der Waals surface area contributed by atoms with Gasteiger partial charge >= 0.3 is 5.97 Å². The lowest BCUT2D eigenvalue weighted by atomic mass is 10.00. The first-order valence-electron chi connectivity index (χ1n) is 7.61. The predicted molar refractivity (Wildman–Crippen MR) is 92.7 cm³/mol. The average Bonchev–Trinajstić information content (AvgIpc) is 2.52. The normalized spacial score (nSPS) is 11.9. The van der Waals surface area contributed by atoms with Crippen LogP contribution in [0.5, 0.6) is 5.75 Å². The number of ketones is 1. The smallest absolute Gasteiger partial charge is 0.342 e. The van der Waals surface area contributed by atoms with Gasteiger partial charge in [-0.05, 0) is 44.5 Å². The van der Waals surface area contributed by atoms with E-state index in [9.17, 15) is 14.7 Å². The summed E-state index contributed by atoms with van der Waals surface area (Å²) in [5.41, 5.74) is -0.100. The summed E-state index contributed by atoms with van der Waals surface area (Å²) in [4.78, 5) is 25.3. The quantitative estimate of drug-likeness (QED) is 0.303. The lowest BCUT2D eigenvalue weighted by molar-refractivity contribution is -0.149. The van der Waals surface area contributed by atoms with Crippen molar-refractivity contribution < 1.29 is 19.4 Å². The van der Waals surface area contributed by atoms with Crippen LogP contribution in [-0.2, 0) is 9.53 Å². The molecule has 1 N–H and O–H groups in total. The first-order valence-corrected chi connectivity index (χ1v) is 7.61. The molecular formula is C20H20O4. The van der Waals surface area contributed by atoms with E-state index in [-0.39, 0.29) is 16.9 Å². The van der Waals surface area contributed by atoms with Crippen LogP contribution in [0.25, 0.3) is 6.08 Å². The highest BCUT2D eigenvalue weighted by Gasteiger charge is 2.27. The van der Waals surface area contributed by atoms with Gasteiger partial charge in [-0.2, -0.15) is 0 Å². The van der Waals surface area contributed by atoms with Crippen molar-refractivity contribution in [1.29, 1.82) is 0 Å². The fourth-order valence-electron chi connectivity index (χ4n) is 2.08. The van der Waals surface area contributed by atoms with E-state index in [1.807, 2.05) is 18.2 Å². The van der Waals surface area contributed by atoms with Crippen molar-refractivity contribution in [2.45, 2.75) is 26.4 Å². The fourth-order valence-corrected chi connectivity index (χ4v) is 2.08. The summed E-state index contributed by atoms with van der Waals surface area (Å²) in [6, 6.07) is 15.1. The standard InChI is InChI=1S/C20H20O4/c1-20(2,3)24-19(23)16(13-14-9-5-4-6-10-14)18(22)15-11-7-8-12-17(15)21/h4-13,21H,1-3H3. The largest absolute Gasteiger partial charge is 0.507 e. The number of hydrogen-bond donors (Lipinski definition) is 1. The van der Waals surface area contributed by atoms with Crippen molar-refractivity contribution in [1.82, 2.24) is 0 Å². The Kier molecular flexibility index (Phi) is 5.19. The first kappa shape index (κ1) is 17.5. The lowest BCUT2D eigenvalue weighted by Gasteiger charge is -2.20. The van der Waals surface area contributed by atoms with Gasteiger partial charge in [0, 0.05) is 0 Å². The Morgan fingerprint density at radius 3 is 2.12 bits per heavy atom. The summed E-state index contributed by atoms with van der Waals surface area (Å²) in [7, 11) is 0. The number of carbonyl (C=O) groups excluding carboxylic acids is 2. The highest BCUT2D eigenvalue weighted by Crippen LogP contribution is 2.23. The zero-order valence-corrected chi connectivity index (χ0v) is 13.9. The number of benzene rings is 2. The van der Waals surface area contributed by atoms with Crippen LogP contribution in [-0.4, -0.2) is 22.5 Å². The van der Waals surface area contributed by atoms with Gasteiger partial charge in [0.2, 0.25) is 5.78 Å². The van der Waals surface area contributed by atoms with Crippen LogP contribution in [0.15, 0.2) is 60.2 Å². The van der Waals surface area contributed by atoms with Crippen LogP contribution >= 0.6 is 0 Å². The number of carbonyl (C=O) groups is 2. The van der Waals surface area contributed by atoms with E-state index in [2.05, 4.69) is 0 Å². The maximum Gasteiger partial charge on any atom is 0.342 e. The third-order valence-electron chi connectivity index (χ3n) is 3.12. The van der Waals surface area contributed by atoms with Crippen LogP contribution in [0.2, 0.25) is 0 Å². The van der Waals surface area contributed by atoms with E-state index < -0.39 is 17.4 Å². The monoisotopic (exact) mass is 324 g/mol. The fraction of sp³-hybridized carbons (Fsp3) is 0.200. The van der Waals surface area contributed by atoms with Gasteiger partial charge in [0.05, 0.1) is 5.56 Å². The molecule has 0 aliphatic rings. The molecule has 0 amide bonds. The number of phenols is 1. The molecule has 0 saturated heterocycles. The molecule has 2 aromatic rings. The zero-order valence-electron chi connectivity index (χ0n) is 13.9. The van der Waals surface area contributed by atoms with Crippen LogP contribution in [0.1, 0.15) is 36.7 Å². The molecule has 0 spiro atoms. The predicted octanol–water partition coefficient (Wildman–Crippen LogP) is 4.00. The Labute approximate surface area is 141 Å². The number of aromatic hydroxyl groups is 1. The van der Waals surface area contributed by atoms with Crippen LogP contribution in [0, 0.1) is 0 Å². The molecule has 0 atom stereocenters. The SMILES string of the molecule is CC(C)(C)OC(=O)C(=Cc1ccccc1)C(=O)c1ccccc1O. The average molecular weight is 324 g/mol. The number of esters is 1. The summed E-state index contributed by atoms with van der Waals surface area (Å²) in [6.45, 7) is 5.19. The molecule has 0 aromatic heterocycles. The Morgan fingerprint density at radius 1 is 0.958 bits per heavy atom. The molecule has 0 radical (unpaired) electrons. The molecule has 0 aliphatic carbocycles. The van der Waals surface area contributed by atoms with Gasteiger partial charge in [-0.15, -0.1) is 0 Å². The van der Waals surface area contributed by atoms with E-state index in [0.29, 0.717) is 5.56 Å². The van der Waals surface area contributed by atoms with Gasteiger partial charge in [0.15, 0.2) is 0 Å². The Hall–Kier alpha value is -2.88. The minimum Gasteiger partial charge on any atom is -0.507 e.